The van der Waals surface area contributed by atoms with Gasteiger partial charge in [0.1, 0.15) is 11.5 Å². The van der Waals surface area contributed by atoms with Gasteiger partial charge in [-0.25, -0.2) is 0 Å². The van der Waals surface area contributed by atoms with Gasteiger partial charge in [0, 0.05) is 23.4 Å². The Labute approximate surface area is 156 Å². The van der Waals surface area contributed by atoms with Crippen molar-refractivity contribution in [2.24, 2.45) is 4.99 Å². The smallest absolute Gasteiger partial charge is 0.168 e. The average molecular weight is 401 g/mol. The maximum absolute atomic E-state index is 6.03. The molecule has 5 heteroatoms. The zero-order valence-electron chi connectivity index (χ0n) is 13.3. The van der Waals surface area contributed by atoms with E-state index in [0.717, 1.165) is 31.0 Å². The maximum atomic E-state index is 6.03. The van der Waals surface area contributed by atoms with E-state index in [4.69, 9.17) is 4.74 Å². The summed E-state index contributed by atoms with van der Waals surface area (Å²) >= 11 is 1.83. The number of thioether (sulfide) groups is 1. The van der Waals surface area contributed by atoms with Crippen LogP contribution in [0.4, 0.5) is 0 Å². The molecular weight excluding hydrogens is 384 g/mol. The van der Waals surface area contributed by atoms with Crippen molar-refractivity contribution < 1.29 is 4.74 Å². The fourth-order valence-electron chi connectivity index (χ4n) is 3.44. The highest BCUT2D eigenvalue weighted by molar-refractivity contribution is 8.93. The minimum Gasteiger partial charge on any atom is -0.457 e. The van der Waals surface area contributed by atoms with E-state index < -0.39 is 0 Å². The Morgan fingerprint density at radius 1 is 1.12 bits per heavy atom. The molecule has 0 saturated heterocycles. The van der Waals surface area contributed by atoms with Crippen LogP contribution in [0.15, 0.2) is 52.4 Å². The standard InChI is InChI=1S/C19H16N2OS.BrH/c1-12-3-2-4-14(9-12)22-15-5-6-16-13(10-15)11-17-18(16)21-8-7-20-19(21)23-17;/h2-6,9-10H,7-8,11H2,1H3;1H. The van der Waals surface area contributed by atoms with Crippen LogP contribution in [0.3, 0.4) is 0 Å². The number of allylic oxidation sites excluding steroid dienone is 1. The molecule has 2 heterocycles. The van der Waals surface area contributed by atoms with Gasteiger partial charge in [-0.15, -0.1) is 17.0 Å². The highest BCUT2D eigenvalue weighted by atomic mass is 79.9. The van der Waals surface area contributed by atoms with Gasteiger partial charge in [-0.2, -0.15) is 0 Å². The van der Waals surface area contributed by atoms with Crippen LogP contribution in [-0.2, 0) is 6.42 Å². The molecule has 0 fully saturated rings. The molecule has 3 aliphatic rings. The molecule has 3 nitrogen and oxygen atoms in total. The fraction of sp³-hybridized carbons (Fsp3) is 0.211. The number of hydrogen-bond acceptors (Lipinski definition) is 4. The van der Waals surface area contributed by atoms with Crippen LogP contribution in [-0.4, -0.2) is 23.2 Å². The lowest BCUT2D eigenvalue weighted by Crippen LogP contribution is -2.19. The molecule has 2 aromatic carbocycles. The number of aryl methyl sites for hydroxylation is 1. The van der Waals surface area contributed by atoms with E-state index in [1.807, 2.05) is 23.9 Å². The number of rotatable bonds is 2. The Kier molecular flexibility index (Phi) is 3.93. The third-order valence-electron chi connectivity index (χ3n) is 4.46. The molecule has 0 atom stereocenters. The molecule has 0 aromatic heterocycles. The van der Waals surface area contributed by atoms with Crippen molar-refractivity contribution in [3.8, 4) is 11.5 Å². The topological polar surface area (TPSA) is 24.8 Å². The lowest BCUT2D eigenvalue weighted by atomic mass is 10.1. The average Bonchev–Trinajstić information content (AvgIpc) is 3.17. The number of amidine groups is 1. The van der Waals surface area contributed by atoms with E-state index in [0.29, 0.717) is 0 Å². The van der Waals surface area contributed by atoms with Gasteiger partial charge < -0.3 is 9.64 Å². The van der Waals surface area contributed by atoms with E-state index in [9.17, 15) is 0 Å². The van der Waals surface area contributed by atoms with Crippen LogP contribution in [0, 0.1) is 6.92 Å². The third kappa shape index (κ3) is 2.47. The van der Waals surface area contributed by atoms with Crippen molar-refractivity contribution in [3.05, 3.63) is 64.1 Å². The molecule has 0 unspecified atom stereocenters. The monoisotopic (exact) mass is 400 g/mol. The number of hydrogen-bond donors (Lipinski definition) is 0. The molecular formula is C19H17BrN2OS. The number of nitrogens with zero attached hydrogens (tertiary/aromatic N) is 2. The quantitative estimate of drug-likeness (QED) is 0.708. The first kappa shape index (κ1) is 15.8. The van der Waals surface area contributed by atoms with Crippen LogP contribution < -0.4 is 4.74 Å². The summed E-state index contributed by atoms with van der Waals surface area (Å²) in [5, 5.41) is 1.18. The van der Waals surface area contributed by atoms with Gasteiger partial charge in [-0.1, -0.05) is 23.9 Å². The number of ether oxygens (including phenoxy) is 1. The summed E-state index contributed by atoms with van der Waals surface area (Å²) in [6.07, 6.45) is 0.996. The number of aliphatic imine (C=N–C) groups is 1. The summed E-state index contributed by atoms with van der Waals surface area (Å²) in [7, 11) is 0. The summed E-state index contributed by atoms with van der Waals surface area (Å²) in [6.45, 7) is 4.02. The number of benzene rings is 2. The van der Waals surface area contributed by atoms with Crippen molar-refractivity contribution >= 4 is 39.6 Å². The first-order chi connectivity index (χ1) is 11.3. The van der Waals surface area contributed by atoms with Crippen molar-refractivity contribution in [2.75, 3.05) is 13.1 Å². The first-order valence-corrected chi connectivity index (χ1v) is 8.70. The SMILES string of the molecule is Br.Cc1cccc(Oc2ccc3c(c2)CC2=C3N3CCN=C3S2)c1. The van der Waals surface area contributed by atoms with Crippen molar-refractivity contribution in [2.45, 2.75) is 13.3 Å². The van der Waals surface area contributed by atoms with E-state index >= 15 is 0 Å². The summed E-state index contributed by atoms with van der Waals surface area (Å²) in [5.74, 6) is 1.81. The summed E-state index contributed by atoms with van der Waals surface area (Å²) < 4.78 is 6.03. The first-order valence-electron chi connectivity index (χ1n) is 7.89. The molecule has 1 aliphatic carbocycles. The molecule has 2 aliphatic heterocycles. The molecule has 0 N–H and O–H groups in total. The number of halogens is 1. The van der Waals surface area contributed by atoms with Crippen molar-refractivity contribution in [1.29, 1.82) is 0 Å². The van der Waals surface area contributed by atoms with Crippen LogP contribution in [0.2, 0.25) is 0 Å². The van der Waals surface area contributed by atoms with Crippen molar-refractivity contribution in [1.82, 2.24) is 4.90 Å². The molecule has 5 rings (SSSR count). The van der Waals surface area contributed by atoms with E-state index in [2.05, 4.69) is 47.1 Å². The molecule has 0 spiro atoms. The lowest BCUT2D eigenvalue weighted by Gasteiger charge is -2.17. The minimum absolute atomic E-state index is 0. The van der Waals surface area contributed by atoms with Crippen LogP contribution in [0.1, 0.15) is 16.7 Å². The minimum atomic E-state index is 0. The molecule has 0 radical (unpaired) electrons. The second kappa shape index (κ2) is 5.97. The normalized spacial score (nSPS) is 17.2. The van der Waals surface area contributed by atoms with Gasteiger partial charge >= 0.3 is 0 Å². The highest BCUT2D eigenvalue weighted by Gasteiger charge is 2.37. The molecule has 2 aromatic rings. The van der Waals surface area contributed by atoms with Gasteiger partial charge in [0.25, 0.3) is 0 Å². The fourth-order valence-corrected chi connectivity index (χ4v) is 4.66. The van der Waals surface area contributed by atoms with Gasteiger partial charge in [0.05, 0.1) is 12.2 Å². The lowest BCUT2D eigenvalue weighted by molar-refractivity contribution is 0.481. The highest BCUT2D eigenvalue weighted by Crippen LogP contribution is 2.49. The largest absolute Gasteiger partial charge is 0.457 e. The van der Waals surface area contributed by atoms with Crippen LogP contribution in [0.25, 0.3) is 5.70 Å². The van der Waals surface area contributed by atoms with Gasteiger partial charge in [-0.05, 0) is 48.4 Å². The predicted molar refractivity (Wildman–Crippen MR) is 105 cm³/mol. The molecule has 0 amide bonds. The van der Waals surface area contributed by atoms with Crippen LogP contribution in [0.5, 0.6) is 11.5 Å². The maximum Gasteiger partial charge on any atom is 0.168 e. The van der Waals surface area contributed by atoms with E-state index in [-0.39, 0.29) is 17.0 Å². The Morgan fingerprint density at radius 2 is 2.00 bits per heavy atom. The van der Waals surface area contributed by atoms with E-state index in [1.54, 1.807) is 0 Å². The second-order valence-corrected chi connectivity index (χ2v) is 7.17. The molecule has 0 saturated carbocycles. The Morgan fingerprint density at radius 3 is 2.88 bits per heavy atom. The zero-order valence-corrected chi connectivity index (χ0v) is 15.8. The second-order valence-electron chi connectivity index (χ2n) is 6.10. The van der Waals surface area contributed by atoms with Crippen LogP contribution >= 0.6 is 28.7 Å². The Hall–Kier alpha value is -1.72. The Bertz CT molecular complexity index is 891. The van der Waals surface area contributed by atoms with E-state index in [1.165, 1.54) is 32.5 Å². The number of fused-ring (bicyclic) bond motifs is 4. The predicted octanol–water partition coefficient (Wildman–Crippen LogP) is 5.01. The summed E-state index contributed by atoms with van der Waals surface area (Å²) in [4.78, 5) is 8.38. The third-order valence-corrected chi connectivity index (χ3v) is 5.57. The van der Waals surface area contributed by atoms with Gasteiger partial charge in [0.15, 0.2) is 5.17 Å². The molecule has 0 bridgehead atoms. The van der Waals surface area contributed by atoms with Crippen molar-refractivity contribution in [3.63, 3.8) is 0 Å². The van der Waals surface area contributed by atoms with Gasteiger partial charge in [0.2, 0.25) is 0 Å². The molecule has 122 valence electrons. The zero-order chi connectivity index (χ0) is 15.4. The summed E-state index contributed by atoms with van der Waals surface area (Å²) in [6, 6.07) is 14.6. The van der Waals surface area contributed by atoms with Gasteiger partial charge in [-0.3, -0.25) is 4.99 Å². The Balaban J connectivity index is 0.00000146. The summed E-state index contributed by atoms with van der Waals surface area (Å²) in [5.41, 5.74) is 5.29. The molecule has 24 heavy (non-hydrogen) atoms.